The zero-order valence-corrected chi connectivity index (χ0v) is 12.2. The Morgan fingerprint density at radius 3 is 2.59 bits per heavy atom. The first-order chi connectivity index (χ1) is 8.00. The molecular formula is C11H6BrCl2FOS. The molecule has 0 fully saturated rings. The Bertz CT molecular complexity index is 538. The van der Waals surface area contributed by atoms with E-state index in [-0.39, 0.29) is 5.56 Å². The minimum Gasteiger partial charge on any atom is -0.383 e. The highest BCUT2D eigenvalue weighted by atomic mass is 79.9. The minimum atomic E-state index is -1.14. The molecule has 1 nitrogen and oxygen atoms in total. The van der Waals surface area contributed by atoms with E-state index in [4.69, 9.17) is 23.2 Å². The first-order valence-corrected chi connectivity index (χ1v) is 6.94. The van der Waals surface area contributed by atoms with Gasteiger partial charge in [0.05, 0.1) is 4.34 Å². The smallest absolute Gasteiger partial charge is 0.130 e. The van der Waals surface area contributed by atoms with Crippen molar-refractivity contribution in [3.63, 3.8) is 0 Å². The summed E-state index contributed by atoms with van der Waals surface area (Å²) in [5.41, 5.74) is 0.566. The normalized spacial score (nSPS) is 12.8. The van der Waals surface area contributed by atoms with Crippen LogP contribution in [-0.2, 0) is 0 Å². The van der Waals surface area contributed by atoms with Crippen LogP contribution in [0, 0.1) is 5.82 Å². The number of benzene rings is 1. The molecule has 90 valence electrons. The molecule has 1 N–H and O–H groups in total. The average molecular weight is 356 g/mol. The zero-order chi connectivity index (χ0) is 12.6. The third-order valence-electron chi connectivity index (χ3n) is 2.25. The van der Waals surface area contributed by atoms with Gasteiger partial charge in [0.25, 0.3) is 0 Å². The van der Waals surface area contributed by atoms with Gasteiger partial charge in [0.15, 0.2) is 0 Å². The maximum absolute atomic E-state index is 13.7. The van der Waals surface area contributed by atoms with Crippen LogP contribution in [0.1, 0.15) is 17.2 Å². The van der Waals surface area contributed by atoms with E-state index in [9.17, 15) is 9.50 Å². The van der Waals surface area contributed by atoms with Crippen molar-refractivity contribution < 1.29 is 9.50 Å². The van der Waals surface area contributed by atoms with Crippen LogP contribution in [0.5, 0.6) is 0 Å². The third kappa shape index (κ3) is 2.66. The lowest BCUT2D eigenvalue weighted by Gasteiger charge is -2.13. The van der Waals surface area contributed by atoms with Crippen LogP contribution < -0.4 is 0 Å². The predicted octanol–water partition coefficient (Wildman–Crippen LogP) is 5.04. The Morgan fingerprint density at radius 1 is 1.35 bits per heavy atom. The fourth-order valence-corrected chi connectivity index (χ4v) is 3.55. The highest BCUT2D eigenvalue weighted by Gasteiger charge is 2.22. The molecule has 0 amide bonds. The predicted molar refractivity (Wildman–Crippen MR) is 72.5 cm³/mol. The van der Waals surface area contributed by atoms with Crippen LogP contribution in [0.3, 0.4) is 0 Å². The van der Waals surface area contributed by atoms with E-state index < -0.39 is 11.9 Å². The van der Waals surface area contributed by atoms with Gasteiger partial charge in [0.1, 0.15) is 16.3 Å². The second-order valence-corrected chi connectivity index (χ2v) is 6.46. The molecule has 1 heterocycles. The van der Waals surface area contributed by atoms with E-state index in [0.29, 0.717) is 18.7 Å². The number of rotatable bonds is 2. The number of aliphatic hydroxyl groups is 1. The van der Waals surface area contributed by atoms with E-state index in [1.165, 1.54) is 12.1 Å². The van der Waals surface area contributed by atoms with Gasteiger partial charge in [-0.25, -0.2) is 4.39 Å². The van der Waals surface area contributed by atoms with Crippen LogP contribution in [0.25, 0.3) is 0 Å². The zero-order valence-electron chi connectivity index (χ0n) is 8.25. The lowest BCUT2D eigenvalue weighted by Crippen LogP contribution is -2.03. The minimum absolute atomic E-state index is 0.156. The van der Waals surface area contributed by atoms with Crippen molar-refractivity contribution in [1.82, 2.24) is 0 Å². The Balaban J connectivity index is 2.51. The van der Waals surface area contributed by atoms with Crippen molar-refractivity contribution in [2.45, 2.75) is 6.10 Å². The molecule has 2 aromatic rings. The number of halogens is 4. The van der Waals surface area contributed by atoms with Crippen molar-refractivity contribution in [2.24, 2.45) is 0 Å². The number of hydrogen-bond acceptors (Lipinski definition) is 2. The SMILES string of the molecule is OC(c1cc(Cl)sc1Cl)c1c(F)cccc1Br. The maximum Gasteiger partial charge on any atom is 0.130 e. The summed E-state index contributed by atoms with van der Waals surface area (Å²) in [6, 6.07) is 6.03. The Kier molecular flexibility index (Phi) is 4.10. The van der Waals surface area contributed by atoms with Gasteiger partial charge in [-0.1, -0.05) is 45.2 Å². The summed E-state index contributed by atoms with van der Waals surface area (Å²) in [7, 11) is 0. The van der Waals surface area contributed by atoms with Crippen LogP contribution in [0.2, 0.25) is 8.67 Å². The summed E-state index contributed by atoms with van der Waals surface area (Å²) >= 11 is 16.1. The van der Waals surface area contributed by atoms with Crippen molar-refractivity contribution in [3.05, 3.63) is 54.4 Å². The van der Waals surface area contributed by atoms with Crippen LogP contribution in [0.4, 0.5) is 4.39 Å². The summed E-state index contributed by atoms with van der Waals surface area (Å²) in [6.07, 6.45) is -1.14. The molecule has 0 saturated heterocycles. The van der Waals surface area contributed by atoms with Crippen molar-refractivity contribution >= 4 is 50.5 Å². The van der Waals surface area contributed by atoms with Crippen molar-refractivity contribution in [3.8, 4) is 0 Å². The van der Waals surface area contributed by atoms with Gasteiger partial charge in [0.2, 0.25) is 0 Å². The fourth-order valence-electron chi connectivity index (χ4n) is 1.47. The lowest BCUT2D eigenvalue weighted by molar-refractivity contribution is 0.214. The molecule has 0 saturated carbocycles. The summed E-state index contributed by atoms with van der Waals surface area (Å²) in [5.74, 6) is -0.495. The molecule has 6 heteroatoms. The second-order valence-electron chi connectivity index (χ2n) is 3.32. The molecular weight excluding hydrogens is 350 g/mol. The molecule has 0 aliphatic rings. The van der Waals surface area contributed by atoms with Gasteiger partial charge in [-0.15, -0.1) is 11.3 Å². The lowest BCUT2D eigenvalue weighted by atomic mass is 10.0. The van der Waals surface area contributed by atoms with E-state index in [1.807, 2.05) is 0 Å². The molecule has 0 radical (unpaired) electrons. The Hall–Kier alpha value is -0.130. The summed E-state index contributed by atoms with van der Waals surface area (Å²) in [4.78, 5) is 0. The molecule has 0 spiro atoms. The molecule has 0 bridgehead atoms. The number of aliphatic hydroxyl groups excluding tert-OH is 1. The van der Waals surface area contributed by atoms with Gasteiger partial charge >= 0.3 is 0 Å². The van der Waals surface area contributed by atoms with Crippen LogP contribution in [0.15, 0.2) is 28.7 Å². The first kappa shape index (κ1) is 13.3. The molecule has 17 heavy (non-hydrogen) atoms. The maximum atomic E-state index is 13.7. The molecule has 0 aliphatic heterocycles. The van der Waals surface area contributed by atoms with Crippen LogP contribution >= 0.6 is 50.5 Å². The van der Waals surface area contributed by atoms with E-state index in [0.717, 1.165) is 11.3 Å². The van der Waals surface area contributed by atoms with Crippen LogP contribution in [-0.4, -0.2) is 5.11 Å². The van der Waals surface area contributed by atoms with E-state index in [2.05, 4.69) is 15.9 Å². The largest absolute Gasteiger partial charge is 0.383 e. The number of hydrogen-bond donors (Lipinski definition) is 1. The fraction of sp³-hybridized carbons (Fsp3) is 0.0909. The quantitative estimate of drug-likeness (QED) is 0.800. The monoisotopic (exact) mass is 354 g/mol. The van der Waals surface area contributed by atoms with Gasteiger partial charge in [-0.2, -0.15) is 0 Å². The molecule has 2 rings (SSSR count). The summed E-state index contributed by atoms with van der Waals surface area (Å²) in [5, 5.41) is 10.1. The highest BCUT2D eigenvalue weighted by molar-refractivity contribution is 9.10. The Labute approximate surface area is 120 Å². The number of thiophene rings is 1. The average Bonchev–Trinajstić information content (AvgIpc) is 2.57. The molecule has 1 unspecified atom stereocenters. The molecule has 1 aromatic heterocycles. The van der Waals surface area contributed by atoms with Crippen molar-refractivity contribution in [1.29, 1.82) is 0 Å². The first-order valence-electron chi connectivity index (χ1n) is 4.57. The summed E-state index contributed by atoms with van der Waals surface area (Å²) in [6.45, 7) is 0. The standard InChI is InChI=1S/C11H6BrCl2FOS/c12-6-2-1-3-7(15)9(6)10(16)5-4-8(13)17-11(5)14/h1-4,10,16H. The molecule has 1 aromatic carbocycles. The highest BCUT2D eigenvalue weighted by Crippen LogP contribution is 2.39. The molecule has 0 aliphatic carbocycles. The summed E-state index contributed by atoms with van der Waals surface area (Å²) < 4.78 is 15.0. The van der Waals surface area contributed by atoms with E-state index in [1.54, 1.807) is 12.1 Å². The van der Waals surface area contributed by atoms with E-state index >= 15 is 0 Å². The van der Waals surface area contributed by atoms with Gasteiger partial charge in [-0.05, 0) is 18.2 Å². The van der Waals surface area contributed by atoms with Gasteiger partial charge < -0.3 is 5.11 Å². The second kappa shape index (κ2) is 5.24. The molecule has 1 atom stereocenters. The third-order valence-corrected chi connectivity index (χ3v) is 4.46. The topological polar surface area (TPSA) is 20.2 Å². The Morgan fingerprint density at radius 2 is 2.06 bits per heavy atom. The van der Waals surface area contributed by atoms with Crippen molar-refractivity contribution in [2.75, 3.05) is 0 Å². The van der Waals surface area contributed by atoms with Gasteiger partial charge in [0, 0.05) is 15.6 Å². The van der Waals surface area contributed by atoms with Gasteiger partial charge in [-0.3, -0.25) is 0 Å².